The number of aliphatic carboxylic acids is 1. The minimum Gasteiger partial charge on any atom is -0.481 e. The largest absolute Gasteiger partial charge is 0.481 e. The van der Waals surface area contributed by atoms with Gasteiger partial charge in [0.1, 0.15) is 12.1 Å². The molecule has 0 fully saturated rings. The van der Waals surface area contributed by atoms with E-state index in [1.54, 1.807) is 41.9 Å². The average molecular weight is 485 g/mol. The summed E-state index contributed by atoms with van der Waals surface area (Å²) in [5.41, 5.74) is 2.46. The average Bonchev–Trinajstić information content (AvgIpc) is 3.22. The quantitative estimate of drug-likeness (QED) is 0.396. The summed E-state index contributed by atoms with van der Waals surface area (Å²) >= 11 is 0. The number of nitrogens with zero attached hydrogens (tertiary/aromatic N) is 6. The summed E-state index contributed by atoms with van der Waals surface area (Å²) in [6.45, 7) is 3.93. The molecule has 2 atom stereocenters. The molecule has 2 aromatic heterocycles. The lowest BCUT2D eigenvalue weighted by molar-refractivity contribution is -0.139. The molecule has 0 aliphatic carbocycles. The maximum atomic E-state index is 13.6. The minimum absolute atomic E-state index is 0.0433. The summed E-state index contributed by atoms with van der Waals surface area (Å²) in [4.78, 5) is 26.2. The molecule has 1 aromatic carbocycles. The van der Waals surface area contributed by atoms with E-state index in [1.807, 2.05) is 13.8 Å². The van der Waals surface area contributed by atoms with Crippen LogP contribution in [0, 0.1) is 5.82 Å². The molecule has 0 saturated heterocycles. The Balaban J connectivity index is 2.09. The van der Waals surface area contributed by atoms with E-state index < -0.39 is 24.6 Å². The van der Waals surface area contributed by atoms with Crippen LogP contribution in [-0.2, 0) is 11.8 Å². The lowest BCUT2D eigenvalue weighted by atomic mass is 9.97. The van der Waals surface area contributed by atoms with Crippen LogP contribution in [0.25, 0.3) is 17.3 Å². The third-order valence-electron chi connectivity index (χ3n) is 5.32. The standard InChI is InChI=1S/C24H29FN6O4/c1-14(2)21-19(10-9-17(32)11-18(33)12-20(34)35)22(15-5-7-16(25)8-6-15)29-23(28-21)30(3)24-26-13-27-31(24)4/h5-10,13-14,17-18,32-33H,11-12H2,1-4H3,(H,34,35)/b10-9+. The first-order valence-corrected chi connectivity index (χ1v) is 11.1. The molecule has 186 valence electrons. The monoisotopic (exact) mass is 484 g/mol. The number of carbonyl (C=O) groups is 1. The third kappa shape index (κ3) is 6.46. The number of aliphatic hydroxyl groups is 2. The number of rotatable bonds is 10. The van der Waals surface area contributed by atoms with Gasteiger partial charge in [-0.2, -0.15) is 10.1 Å². The first-order valence-electron chi connectivity index (χ1n) is 11.1. The van der Waals surface area contributed by atoms with Crippen molar-refractivity contribution < 1.29 is 24.5 Å². The molecule has 0 aliphatic rings. The summed E-state index contributed by atoms with van der Waals surface area (Å²) in [6.07, 6.45) is 1.66. The van der Waals surface area contributed by atoms with Crippen molar-refractivity contribution in [3.05, 3.63) is 53.7 Å². The molecule has 10 nitrogen and oxygen atoms in total. The fourth-order valence-electron chi connectivity index (χ4n) is 3.59. The van der Waals surface area contributed by atoms with Crippen LogP contribution < -0.4 is 4.90 Å². The van der Waals surface area contributed by atoms with Crippen molar-refractivity contribution in [2.24, 2.45) is 7.05 Å². The Morgan fingerprint density at radius 1 is 1.20 bits per heavy atom. The lowest BCUT2D eigenvalue weighted by Gasteiger charge is -2.21. The molecular weight excluding hydrogens is 455 g/mol. The molecule has 3 rings (SSSR count). The summed E-state index contributed by atoms with van der Waals surface area (Å²) < 4.78 is 15.2. The normalized spacial score (nSPS) is 13.4. The van der Waals surface area contributed by atoms with Crippen LogP contribution in [0.1, 0.15) is 43.9 Å². The highest BCUT2D eigenvalue weighted by Crippen LogP contribution is 2.32. The van der Waals surface area contributed by atoms with Gasteiger partial charge in [0.25, 0.3) is 0 Å². The van der Waals surface area contributed by atoms with Crippen molar-refractivity contribution in [1.82, 2.24) is 24.7 Å². The third-order valence-corrected chi connectivity index (χ3v) is 5.32. The fraction of sp³-hybridized carbons (Fsp3) is 0.375. The zero-order valence-electron chi connectivity index (χ0n) is 20.0. The van der Waals surface area contributed by atoms with E-state index in [0.29, 0.717) is 34.4 Å². The second-order valence-corrected chi connectivity index (χ2v) is 8.49. The van der Waals surface area contributed by atoms with Gasteiger partial charge < -0.3 is 15.3 Å². The predicted molar refractivity (Wildman–Crippen MR) is 128 cm³/mol. The van der Waals surface area contributed by atoms with Crippen LogP contribution in [-0.4, -0.2) is 65.3 Å². The molecule has 35 heavy (non-hydrogen) atoms. The van der Waals surface area contributed by atoms with Crippen molar-refractivity contribution in [1.29, 1.82) is 0 Å². The van der Waals surface area contributed by atoms with Crippen molar-refractivity contribution in [2.75, 3.05) is 11.9 Å². The second kappa shape index (κ2) is 11.2. The number of halogens is 1. The number of benzene rings is 1. The van der Waals surface area contributed by atoms with Gasteiger partial charge in [0.2, 0.25) is 11.9 Å². The van der Waals surface area contributed by atoms with E-state index in [0.717, 1.165) is 0 Å². The highest BCUT2D eigenvalue weighted by atomic mass is 19.1. The number of hydrogen-bond donors (Lipinski definition) is 3. The predicted octanol–water partition coefficient (Wildman–Crippen LogP) is 2.90. The number of anilines is 2. The molecule has 0 aliphatic heterocycles. The number of carboxylic acids is 1. The first kappa shape index (κ1) is 25.9. The van der Waals surface area contributed by atoms with Gasteiger partial charge in [0.15, 0.2) is 0 Å². The molecule has 2 unspecified atom stereocenters. The summed E-state index contributed by atoms with van der Waals surface area (Å²) in [7, 11) is 3.52. The highest BCUT2D eigenvalue weighted by Gasteiger charge is 2.21. The van der Waals surface area contributed by atoms with Gasteiger partial charge in [0, 0.05) is 31.6 Å². The van der Waals surface area contributed by atoms with Gasteiger partial charge in [0.05, 0.1) is 30.0 Å². The Bertz CT molecular complexity index is 1200. The molecule has 0 spiro atoms. The van der Waals surface area contributed by atoms with Gasteiger partial charge in [-0.25, -0.2) is 19.0 Å². The maximum Gasteiger partial charge on any atom is 0.305 e. The Hall–Kier alpha value is -3.70. The first-order chi connectivity index (χ1) is 16.6. The van der Waals surface area contributed by atoms with Gasteiger partial charge in [-0.05, 0) is 30.2 Å². The van der Waals surface area contributed by atoms with Crippen LogP contribution in [0.3, 0.4) is 0 Å². The van der Waals surface area contributed by atoms with Gasteiger partial charge in [-0.15, -0.1) is 0 Å². The zero-order valence-corrected chi connectivity index (χ0v) is 20.0. The fourth-order valence-corrected chi connectivity index (χ4v) is 3.59. The van der Waals surface area contributed by atoms with Crippen molar-refractivity contribution >= 4 is 23.9 Å². The Morgan fingerprint density at radius 2 is 1.89 bits per heavy atom. The Morgan fingerprint density at radius 3 is 2.46 bits per heavy atom. The molecule has 3 N–H and O–H groups in total. The number of aryl methyl sites for hydroxylation is 1. The zero-order chi connectivity index (χ0) is 25.7. The molecule has 3 aromatic rings. The van der Waals surface area contributed by atoms with Crippen LogP contribution in [0.15, 0.2) is 36.7 Å². The molecule has 0 saturated carbocycles. The molecule has 2 heterocycles. The van der Waals surface area contributed by atoms with Crippen molar-refractivity contribution in [3.63, 3.8) is 0 Å². The molecular formula is C24H29FN6O4. The van der Waals surface area contributed by atoms with E-state index >= 15 is 0 Å². The summed E-state index contributed by atoms with van der Waals surface area (Å²) in [5.74, 6) is -0.693. The van der Waals surface area contributed by atoms with Crippen molar-refractivity contribution in [2.45, 2.75) is 44.8 Å². The number of carboxylic acid groups (broad SMARTS) is 1. The van der Waals surface area contributed by atoms with E-state index in [1.165, 1.54) is 24.5 Å². The van der Waals surface area contributed by atoms with E-state index in [2.05, 4.69) is 10.1 Å². The summed E-state index contributed by atoms with van der Waals surface area (Å²) in [6, 6.07) is 5.89. The van der Waals surface area contributed by atoms with E-state index in [9.17, 15) is 19.4 Å². The summed E-state index contributed by atoms with van der Waals surface area (Å²) in [5, 5.41) is 33.1. The maximum absolute atomic E-state index is 13.6. The lowest BCUT2D eigenvalue weighted by Crippen LogP contribution is -2.20. The van der Waals surface area contributed by atoms with Gasteiger partial charge in [-0.3, -0.25) is 9.69 Å². The smallest absolute Gasteiger partial charge is 0.305 e. The van der Waals surface area contributed by atoms with E-state index in [4.69, 9.17) is 15.1 Å². The Labute approximate surface area is 202 Å². The second-order valence-electron chi connectivity index (χ2n) is 8.49. The molecule has 0 radical (unpaired) electrons. The van der Waals surface area contributed by atoms with Crippen LogP contribution in [0.5, 0.6) is 0 Å². The number of aliphatic hydroxyl groups excluding tert-OH is 2. The molecule has 0 amide bonds. The van der Waals surface area contributed by atoms with Crippen LogP contribution in [0.2, 0.25) is 0 Å². The van der Waals surface area contributed by atoms with Crippen molar-refractivity contribution in [3.8, 4) is 11.3 Å². The SMILES string of the molecule is CC(C)c1nc(N(C)c2ncnn2C)nc(-c2ccc(F)cc2)c1/C=C/C(O)CC(O)CC(=O)O. The minimum atomic E-state index is -1.19. The highest BCUT2D eigenvalue weighted by molar-refractivity contribution is 5.75. The van der Waals surface area contributed by atoms with E-state index in [-0.39, 0.29) is 18.2 Å². The Kier molecular flexibility index (Phi) is 8.26. The van der Waals surface area contributed by atoms with Gasteiger partial charge in [-0.1, -0.05) is 26.0 Å². The number of aromatic nitrogens is 5. The van der Waals surface area contributed by atoms with Gasteiger partial charge >= 0.3 is 5.97 Å². The number of hydrogen-bond acceptors (Lipinski definition) is 8. The molecule has 0 bridgehead atoms. The topological polar surface area (TPSA) is 137 Å². The van der Waals surface area contributed by atoms with Crippen LogP contribution in [0.4, 0.5) is 16.3 Å². The molecule has 11 heteroatoms. The van der Waals surface area contributed by atoms with Crippen LogP contribution >= 0.6 is 0 Å².